The summed E-state index contributed by atoms with van der Waals surface area (Å²) in [6.07, 6.45) is 2.73. The summed E-state index contributed by atoms with van der Waals surface area (Å²) in [6.45, 7) is 7.37. The molecule has 29 heavy (non-hydrogen) atoms. The van der Waals surface area contributed by atoms with Crippen molar-refractivity contribution in [3.63, 3.8) is 0 Å². The van der Waals surface area contributed by atoms with Crippen LogP contribution in [0.25, 0.3) is 0 Å². The van der Waals surface area contributed by atoms with Crippen molar-refractivity contribution in [2.24, 2.45) is 0 Å². The molecule has 2 atom stereocenters. The van der Waals surface area contributed by atoms with Crippen molar-refractivity contribution < 1.29 is 4.79 Å². The molecule has 0 radical (unpaired) electrons. The lowest BCUT2D eigenvalue weighted by Gasteiger charge is -2.44. The molecule has 2 aromatic rings. The van der Waals surface area contributed by atoms with E-state index in [0.717, 1.165) is 52.0 Å². The van der Waals surface area contributed by atoms with Crippen molar-refractivity contribution in [2.75, 3.05) is 32.7 Å². The molecule has 1 heterocycles. The second-order valence-electron chi connectivity index (χ2n) is 8.91. The number of carbonyl (C=O) groups excluding carboxylic acids is 1. The van der Waals surface area contributed by atoms with E-state index in [-0.39, 0.29) is 11.9 Å². The Morgan fingerprint density at radius 2 is 1.59 bits per heavy atom. The molecule has 1 aliphatic heterocycles. The standard InChI is InChI=1S/C25H31N3O/c1-2-27-12-14-28(15-13-27)25(17-20-10-6-7-11-21(20)18-25)24(29)26-23-16-22(23)19-8-4-3-5-9-19/h3-11,22-23H,2,12-18H2,1H3,(H,26,29)/t22-,23+/m0/s1. The van der Waals surface area contributed by atoms with Crippen LogP contribution < -0.4 is 5.32 Å². The maximum Gasteiger partial charge on any atom is 0.241 e. The molecule has 1 saturated heterocycles. The Morgan fingerprint density at radius 3 is 2.21 bits per heavy atom. The summed E-state index contributed by atoms with van der Waals surface area (Å²) in [7, 11) is 0. The molecule has 2 aliphatic carbocycles. The molecule has 2 aromatic carbocycles. The number of fused-ring (bicyclic) bond motifs is 1. The second-order valence-corrected chi connectivity index (χ2v) is 8.91. The van der Waals surface area contributed by atoms with E-state index in [1.807, 2.05) is 0 Å². The third-order valence-corrected chi connectivity index (χ3v) is 7.27. The molecule has 0 aromatic heterocycles. The second kappa shape index (κ2) is 7.58. The summed E-state index contributed by atoms with van der Waals surface area (Å²) in [5, 5.41) is 3.45. The molecular weight excluding hydrogens is 358 g/mol. The maximum absolute atomic E-state index is 13.7. The molecule has 5 rings (SSSR count). The van der Waals surface area contributed by atoms with E-state index in [1.165, 1.54) is 16.7 Å². The van der Waals surface area contributed by atoms with Gasteiger partial charge in [-0.1, -0.05) is 61.5 Å². The average Bonchev–Trinajstić information content (AvgIpc) is 3.42. The van der Waals surface area contributed by atoms with E-state index >= 15 is 0 Å². The van der Waals surface area contributed by atoms with Crippen LogP contribution in [-0.4, -0.2) is 60.0 Å². The fourth-order valence-corrected chi connectivity index (χ4v) is 5.34. The quantitative estimate of drug-likeness (QED) is 0.854. The van der Waals surface area contributed by atoms with Gasteiger partial charge in [0.2, 0.25) is 5.91 Å². The zero-order valence-corrected chi connectivity index (χ0v) is 17.3. The van der Waals surface area contributed by atoms with Crippen LogP contribution >= 0.6 is 0 Å². The number of hydrogen-bond donors (Lipinski definition) is 1. The first kappa shape index (κ1) is 18.8. The highest BCUT2D eigenvalue weighted by atomic mass is 16.2. The third kappa shape index (κ3) is 3.49. The van der Waals surface area contributed by atoms with Crippen molar-refractivity contribution in [3.05, 3.63) is 71.3 Å². The summed E-state index contributed by atoms with van der Waals surface area (Å²) in [5.41, 5.74) is 3.61. The van der Waals surface area contributed by atoms with Gasteiger partial charge < -0.3 is 10.2 Å². The first-order valence-corrected chi connectivity index (χ1v) is 11.1. The van der Waals surface area contributed by atoms with Crippen LogP contribution in [0.3, 0.4) is 0 Å². The summed E-state index contributed by atoms with van der Waals surface area (Å²) in [5.74, 6) is 0.708. The SMILES string of the molecule is CCN1CCN(C2(C(=O)N[C@@H]3C[C@H]3c3ccccc3)Cc3ccccc3C2)CC1. The van der Waals surface area contributed by atoms with E-state index in [0.29, 0.717) is 5.92 Å². The normalized spacial score (nSPS) is 26.1. The minimum atomic E-state index is -0.423. The van der Waals surface area contributed by atoms with Gasteiger partial charge in [0.05, 0.1) is 0 Å². The Bertz CT molecular complexity index is 848. The molecule has 1 amide bonds. The third-order valence-electron chi connectivity index (χ3n) is 7.27. The number of nitrogens with one attached hydrogen (secondary N) is 1. The largest absolute Gasteiger partial charge is 0.351 e. The number of piperazine rings is 1. The van der Waals surface area contributed by atoms with Gasteiger partial charge >= 0.3 is 0 Å². The lowest BCUT2D eigenvalue weighted by Crippen LogP contribution is -2.64. The monoisotopic (exact) mass is 389 g/mol. The van der Waals surface area contributed by atoms with E-state index in [1.54, 1.807) is 0 Å². The molecule has 4 heteroatoms. The maximum atomic E-state index is 13.7. The number of amides is 1. The predicted octanol–water partition coefficient (Wildman–Crippen LogP) is 2.83. The van der Waals surface area contributed by atoms with Crippen LogP contribution in [0, 0.1) is 0 Å². The summed E-state index contributed by atoms with van der Waals surface area (Å²) in [6, 6.07) is 19.5. The number of nitrogens with zero attached hydrogens (tertiary/aromatic N) is 2. The highest BCUT2D eigenvalue weighted by Gasteiger charge is 2.51. The minimum Gasteiger partial charge on any atom is -0.351 e. The van der Waals surface area contributed by atoms with E-state index in [9.17, 15) is 4.79 Å². The highest BCUT2D eigenvalue weighted by Crippen LogP contribution is 2.42. The fraction of sp³-hybridized carbons (Fsp3) is 0.480. The Morgan fingerprint density at radius 1 is 0.966 bits per heavy atom. The van der Waals surface area contributed by atoms with Crippen molar-refractivity contribution in [1.82, 2.24) is 15.1 Å². The van der Waals surface area contributed by atoms with Gasteiger partial charge in [0.15, 0.2) is 0 Å². The summed E-state index contributed by atoms with van der Waals surface area (Å²) < 4.78 is 0. The number of rotatable bonds is 5. The Hall–Kier alpha value is -2.17. The number of benzene rings is 2. The smallest absolute Gasteiger partial charge is 0.241 e. The molecule has 0 spiro atoms. The van der Waals surface area contributed by atoms with Crippen molar-refractivity contribution in [3.8, 4) is 0 Å². The molecule has 2 fully saturated rings. The van der Waals surface area contributed by atoms with Crippen molar-refractivity contribution in [1.29, 1.82) is 0 Å². The zero-order valence-electron chi connectivity index (χ0n) is 17.3. The first-order valence-electron chi connectivity index (χ1n) is 11.1. The molecule has 1 N–H and O–H groups in total. The fourth-order valence-electron chi connectivity index (χ4n) is 5.34. The zero-order chi connectivity index (χ0) is 19.8. The van der Waals surface area contributed by atoms with Crippen LogP contribution in [0.1, 0.15) is 36.0 Å². The average molecular weight is 390 g/mol. The van der Waals surface area contributed by atoms with Crippen molar-refractivity contribution >= 4 is 5.91 Å². The van der Waals surface area contributed by atoms with Crippen LogP contribution in [0.4, 0.5) is 0 Å². The topological polar surface area (TPSA) is 35.6 Å². The van der Waals surface area contributed by atoms with Gasteiger partial charge in [-0.15, -0.1) is 0 Å². The van der Waals surface area contributed by atoms with E-state index < -0.39 is 5.54 Å². The number of likely N-dealkylation sites (N-methyl/N-ethyl adjacent to an activating group) is 1. The molecule has 0 unspecified atom stereocenters. The molecule has 152 valence electrons. The van der Waals surface area contributed by atoms with Gasteiger partial charge in [0.25, 0.3) is 0 Å². The summed E-state index contributed by atoms with van der Waals surface area (Å²) in [4.78, 5) is 18.7. The van der Waals surface area contributed by atoms with E-state index in [2.05, 4.69) is 76.6 Å². The van der Waals surface area contributed by atoms with Gasteiger partial charge in [-0.2, -0.15) is 0 Å². The van der Waals surface area contributed by atoms with Crippen LogP contribution in [0.2, 0.25) is 0 Å². The number of carbonyl (C=O) groups is 1. The highest BCUT2D eigenvalue weighted by molar-refractivity contribution is 5.89. The molecule has 0 bridgehead atoms. The van der Waals surface area contributed by atoms with Gasteiger partial charge in [-0.05, 0) is 29.7 Å². The lowest BCUT2D eigenvalue weighted by atomic mass is 9.90. The molecular formula is C25H31N3O. The molecule has 4 nitrogen and oxygen atoms in total. The minimum absolute atomic E-state index is 0.238. The van der Waals surface area contributed by atoms with Gasteiger partial charge in [0.1, 0.15) is 5.54 Å². The van der Waals surface area contributed by atoms with Gasteiger partial charge in [-0.3, -0.25) is 9.69 Å². The van der Waals surface area contributed by atoms with Crippen LogP contribution in [0.15, 0.2) is 54.6 Å². The molecule has 3 aliphatic rings. The van der Waals surface area contributed by atoms with Gasteiger partial charge in [0, 0.05) is 51.0 Å². The Labute approximate surface area is 173 Å². The van der Waals surface area contributed by atoms with Gasteiger partial charge in [-0.25, -0.2) is 0 Å². The number of hydrogen-bond acceptors (Lipinski definition) is 3. The van der Waals surface area contributed by atoms with Crippen molar-refractivity contribution in [2.45, 2.75) is 43.7 Å². The lowest BCUT2D eigenvalue weighted by molar-refractivity contribution is -0.135. The van der Waals surface area contributed by atoms with E-state index in [4.69, 9.17) is 0 Å². The van der Waals surface area contributed by atoms with Crippen LogP contribution in [-0.2, 0) is 17.6 Å². The predicted molar refractivity (Wildman–Crippen MR) is 116 cm³/mol. The molecule has 1 saturated carbocycles. The Kier molecular flexibility index (Phi) is 4.92. The Balaban J connectivity index is 1.35. The first-order chi connectivity index (χ1) is 14.2. The van der Waals surface area contributed by atoms with Crippen LogP contribution in [0.5, 0.6) is 0 Å². The summed E-state index contributed by atoms with van der Waals surface area (Å²) >= 11 is 0.